The van der Waals surface area contributed by atoms with E-state index in [0.717, 1.165) is 25.7 Å². The predicted octanol–water partition coefficient (Wildman–Crippen LogP) is 3.04. The van der Waals surface area contributed by atoms with Crippen LogP contribution >= 0.6 is 0 Å². The van der Waals surface area contributed by atoms with Gasteiger partial charge in [0, 0.05) is 17.8 Å². The molecule has 0 saturated heterocycles. The van der Waals surface area contributed by atoms with Gasteiger partial charge in [0.15, 0.2) is 0 Å². The number of benzene rings is 1. The van der Waals surface area contributed by atoms with Crippen molar-refractivity contribution in [3.63, 3.8) is 0 Å². The Bertz CT molecular complexity index is 1040. The number of fused-ring (bicyclic) bond motifs is 1. The van der Waals surface area contributed by atoms with Gasteiger partial charge in [-0.3, -0.25) is 14.7 Å². The zero-order chi connectivity index (χ0) is 16.8. The van der Waals surface area contributed by atoms with Crippen LogP contribution in [0, 0.1) is 12.7 Å². The Balaban J connectivity index is 1.98. The monoisotopic (exact) mass is 327 g/mol. The zero-order valence-corrected chi connectivity index (χ0v) is 13.4. The third-order valence-electron chi connectivity index (χ3n) is 4.90. The van der Waals surface area contributed by atoms with E-state index in [1.165, 1.54) is 22.9 Å². The number of H-pyrrole nitrogens is 1. The molecule has 3 aromatic rings. The first kappa shape index (κ1) is 14.9. The van der Waals surface area contributed by atoms with Gasteiger partial charge < -0.3 is 4.57 Å². The number of aromatic amines is 1. The Labute approximate surface area is 137 Å². The molecule has 2 heterocycles. The molecule has 0 aliphatic heterocycles. The highest BCUT2D eigenvalue weighted by atomic mass is 19.1. The van der Waals surface area contributed by atoms with Crippen LogP contribution in [0.4, 0.5) is 4.39 Å². The predicted molar refractivity (Wildman–Crippen MR) is 90.4 cm³/mol. The number of hydrogen-bond donors (Lipinski definition) is 1. The van der Waals surface area contributed by atoms with Gasteiger partial charge in [0.05, 0.1) is 16.6 Å². The van der Waals surface area contributed by atoms with Crippen molar-refractivity contribution >= 4 is 10.9 Å². The van der Waals surface area contributed by atoms with Gasteiger partial charge in [-0.05, 0) is 38.0 Å². The second-order valence-electron chi connectivity index (χ2n) is 6.40. The molecule has 1 saturated carbocycles. The number of hydrogen-bond acceptors (Lipinski definition) is 2. The molecule has 1 fully saturated rings. The lowest BCUT2D eigenvalue weighted by Gasteiger charge is -2.16. The summed E-state index contributed by atoms with van der Waals surface area (Å²) in [4.78, 5) is 25.4. The lowest BCUT2D eigenvalue weighted by atomic mass is 10.2. The van der Waals surface area contributed by atoms with E-state index < -0.39 is 5.82 Å². The number of halogens is 1. The van der Waals surface area contributed by atoms with Crippen molar-refractivity contribution in [1.82, 2.24) is 14.3 Å². The number of nitrogens with one attached hydrogen (secondary N) is 1. The molecule has 1 aliphatic carbocycles. The van der Waals surface area contributed by atoms with Gasteiger partial charge in [0.2, 0.25) is 0 Å². The van der Waals surface area contributed by atoms with Crippen LogP contribution in [0.5, 0.6) is 0 Å². The van der Waals surface area contributed by atoms with Crippen molar-refractivity contribution < 1.29 is 4.39 Å². The quantitative estimate of drug-likeness (QED) is 0.786. The van der Waals surface area contributed by atoms with Crippen LogP contribution in [0.3, 0.4) is 0 Å². The highest BCUT2D eigenvalue weighted by Crippen LogP contribution is 2.30. The van der Waals surface area contributed by atoms with E-state index in [2.05, 4.69) is 5.10 Å². The molecule has 1 aromatic carbocycles. The van der Waals surface area contributed by atoms with E-state index in [1.54, 1.807) is 16.7 Å². The number of nitrogens with zero attached hydrogens (tertiary/aromatic N) is 2. The lowest BCUT2D eigenvalue weighted by molar-refractivity contribution is 0.494. The van der Waals surface area contributed by atoms with Crippen LogP contribution in [0.15, 0.2) is 39.9 Å². The summed E-state index contributed by atoms with van der Waals surface area (Å²) in [6, 6.07) is 7.45. The highest BCUT2D eigenvalue weighted by molar-refractivity contribution is 5.80. The molecular formula is C18H18FN3O2. The van der Waals surface area contributed by atoms with Crippen molar-refractivity contribution in [2.45, 2.75) is 38.6 Å². The Kier molecular flexibility index (Phi) is 3.40. The van der Waals surface area contributed by atoms with Crippen molar-refractivity contribution in [2.24, 2.45) is 0 Å². The van der Waals surface area contributed by atoms with E-state index in [0.29, 0.717) is 22.3 Å². The first-order valence-corrected chi connectivity index (χ1v) is 8.19. The molecule has 24 heavy (non-hydrogen) atoms. The van der Waals surface area contributed by atoms with E-state index in [9.17, 15) is 14.0 Å². The summed E-state index contributed by atoms with van der Waals surface area (Å²) in [6.45, 7) is 1.81. The summed E-state index contributed by atoms with van der Waals surface area (Å²) in [5.41, 5.74) is 1.22. The molecule has 0 bridgehead atoms. The van der Waals surface area contributed by atoms with Crippen LogP contribution < -0.4 is 11.1 Å². The fraction of sp³-hybridized carbons (Fsp3) is 0.333. The second kappa shape index (κ2) is 5.47. The fourth-order valence-corrected chi connectivity index (χ4v) is 3.80. The maximum Gasteiger partial charge on any atom is 0.280 e. The van der Waals surface area contributed by atoms with Gasteiger partial charge in [0.1, 0.15) is 5.82 Å². The van der Waals surface area contributed by atoms with Crippen molar-refractivity contribution in [3.05, 3.63) is 62.6 Å². The van der Waals surface area contributed by atoms with E-state index in [1.807, 2.05) is 6.92 Å². The molecule has 0 spiro atoms. The average Bonchev–Trinajstić information content (AvgIpc) is 3.16. The molecule has 124 valence electrons. The molecular weight excluding hydrogens is 309 g/mol. The van der Waals surface area contributed by atoms with Gasteiger partial charge in [-0.15, -0.1) is 0 Å². The van der Waals surface area contributed by atoms with Crippen molar-refractivity contribution in [3.8, 4) is 5.69 Å². The van der Waals surface area contributed by atoms with Crippen LogP contribution in [0.1, 0.15) is 37.4 Å². The molecule has 0 atom stereocenters. The van der Waals surface area contributed by atoms with Gasteiger partial charge in [-0.2, -0.15) is 0 Å². The molecule has 0 radical (unpaired) electrons. The van der Waals surface area contributed by atoms with E-state index >= 15 is 0 Å². The third-order valence-corrected chi connectivity index (χ3v) is 4.90. The zero-order valence-electron chi connectivity index (χ0n) is 13.4. The molecule has 4 rings (SSSR count). The van der Waals surface area contributed by atoms with Gasteiger partial charge in [0.25, 0.3) is 11.1 Å². The summed E-state index contributed by atoms with van der Waals surface area (Å²) in [7, 11) is 0. The van der Waals surface area contributed by atoms with Crippen LogP contribution in [-0.2, 0) is 0 Å². The van der Waals surface area contributed by atoms with Crippen LogP contribution in [0.2, 0.25) is 0 Å². The average molecular weight is 327 g/mol. The second-order valence-corrected chi connectivity index (χ2v) is 6.40. The Morgan fingerprint density at radius 3 is 2.62 bits per heavy atom. The number of rotatable bonds is 2. The topological polar surface area (TPSA) is 59.8 Å². The van der Waals surface area contributed by atoms with Crippen LogP contribution in [-0.4, -0.2) is 14.3 Å². The normalized spacial score (nSPS) is 15.4. The maximum atomic E-state index is 13.5. The number of aryl methyl sites for hydroxylation is 1. The minimum atomic E-state index is -0.416. The maximum absolute atomic E-state index is 13.5. The van der Waals surface area contributed by atoms with Gasteiger partial charge in [-0.25, -0.2) is 9.07 Å². The van der Waals surface area contributed by atoms with Crippen molar-refractivity contribution in [1.29, 1.82) is 0 Å². The van der Waals surface area contributed by atoms with Crippen molar-refractivity contribution in [2.75, 3.05) is 0 Å². The summed E-state index contributed by atoms with van der Waals surface area (Å²) in [5.74, 6) is -0.416. The number of aromatic nitrogens is 3. The van der Waals surface area contributed by atoms with Crippen LogP contribution in [0.25, 0.3) is 16.6 Å². The minimum absolute atomic E-state index is 0.0976. The summed E-state index contributed by atoms with van der Waals surface area (Å²) in [6.07, 6.45) is 4.15. The minimum Gasteiger partial charge on any atom is -0.309 e. The Morgan fingerprint density at radius 1 is 1.17 bits per heavy atom. The first-order valence-electron chi connectivity index (χ1n) is 8.19. The standard InChI is InChI=1S/C18H18FN3O2/c1-11-17-15(10-16(23)21(11)13-6-2-3-7-13)20-22(18(17)24)14-8-4-5-12(19)9-14/h4-5,8-10,13,20H,2-3,6-7H2,1H3. The molecule has 0 unspecified atom stereocenters. The highest BCUT2D eigenvalue weighted by Gasteiger charge is 2.22. The number of pyridine rings is 1. The third kappa shape index (κ3) is 2.21. The first-order chi connectivity index (χ1) is 11.6. The Hall–Kier alpha value is -2.63. The fourth-order valence-electron chi connectivity index (χ4n) is 3.80. The smallest absolute Gasteiger partial charge is 0.280 e. The van der Waals surface area contributed by atoms with E-state index in [4.69, 9.17) is 0 Å². The van der Waals surface area contributed by atoms with Gasteiger partial charge >= 0.3 is 0 Å². The largest absolute Gasteiger partial charge is 0.309 e. The molecule has 2 aromatic heterocycles. The van der Waals surface area contributed by atoms with Gasteiger partial charge in [-0.1, -0.05) is 18.9 Å². The Morgan fingerprint density at radius 2 is 1.92 bits per heavy atom. The SMILES string of the molecule is Cc1c2c(=O)n(-c3cccc(F)c3)[nH]c2cc(=O)n1C1CCCC1. The summed E-state index contributed by atoms with van der Waals surface area (Å²) >= 11 is 0. The summed E-state index contributed by atoms with van der Waals surface area (Å²) < 4.78 is 16.5. The molecule has 1 aliphatic rings. The summed E-state index contributed by atoms with van der Waals surface area (Å²) in [5, 5.41) is 3.42. The van der Waals surface area contributed by atoms with E-state index in [-0.39, 0.29) is 17.2 Å². The molecule has 0 amide bonds. The molecule has 1 N–H and O–H groups in total. The molecule has 5 nitrogen and oxygen atoms in total. The molecule has 6 heteroatoms. The lowest BCUT2D eigenvalue weighted by Crippen LogP contribution is -2.26.